The van der Waals surface area contributed by atoms with Crippen molar-refractivity contribution in [2.45, 2.75) is 9.92 Å². The number of nitrogens with zero attached hydrogens (tertiary/aromatic N) is 1. The van der Waals surface area contributed by atoms with E-state index in [4.69, 9.17) is 0 Å². The van der Waals surface area contributed by atoms with E-state index in [2.05, 4.69) is 4.98 Å². The Kier molecular flexibility index (Phi) is 3.09. The van der Waals surface area contributed by atoms with Crippen molar-refractivity contribution in [3.63, 3.8) is 0 Å². The van der Waals surface area contributed by atoms with Gasteiger partial charge in [0.25, 0.3) is 0 Å². The number of phenolic OH excluding ortho intramolecular Hbond substituents is 1. The van der Waals surface area contributed by atoms with Crippen LogP contribution in [0.4, 0.5) is 4.39 Å². The van der Waals surface area contributed by atoms with Gasteiger partial charge in [0, 0.05) is 16.5 Å². The monoisotopic (exact) mass is 271 g/mol. The number of halogens is 1. The smallest absolute Gasteiger partial charge is 0.155 e. The Morgan fingerprint density at radius 1 is 0.947 bits per heavy atom. The highest BCUT2D eigenvalue weighted by Crippen LogP contribution is 2.36. The van der Waals surface area contributed by atoms with Crippen molar-refractivity contribution in [3.8, 4) is 5.75 Å². The Bertz CT molecular complexity index is 745. The SMILES string of the molecule is Oc1ccc(Sc2ncccc2F)c2ccccc12. The Hall–Kier alpha value is -2.07. The van der Waals surface area contributed by atoms with E-state index >= 15 is 0 Å². The lowest BCUT2D eigenvalue weighted by atomic mass is 10.1. The predicted octanol–water partition coefficient (Wildman–Crippen LogP) is 4.23. The summed E-state index contributed by atoms with van der Waals surface area (Å²) >= 11 is 1.26. The molecule has 0 aliphatic rings. The standard InChI is InChI=1S/C15H10FNOS/c16-12-6-3-9-17-15(12)19-14-8-7-13(18)10-4-1-2-5-11(10)14/h1-9,18H. The second kappa shape index (κ2) is 4.90. The summed E-state index contributed by atoms with van der Waals surface area (Å²) in [6.07, 6.45) is 1.56. The Labute approximate surface area is 113 Å². The first-order valence-corrected chi connectivity index (χ1v) is 6.56. The molecule has 1 heterocycles. The quantitative estimate of drug-likeness (QED) is 0.757. The van der Waals surface area contributed by atoms with Gasteiger partial charge in [-0.1, -0.05) is 36.0 Å². The summed E-state index contributed by atoms with van der Waals surface area (Å²) in [4.78, 5) is 4.89. The van der Waals surface area contributed by atoms with Crippen LogP contribution in [0.2, 0.25) is 0 Å². The molecule has 0 bridgehead atoms. The lowest BCUT2D eigenvalue weighted by molar-refractivity contribution is 0.481. The molecular formula is C15H10FNOS. The molecule has 2 nitrogen and oxygen atoms in total. The summed E-state index contributed by atoms with van der Waals surface area (Å²) in [6.45, 7) is 0. The maximum Gasteiger partial charge on any atom is 0.155 e. The van der Waals surface area contributed by atoms with Crippen LogP contribution in [0, 0.1) is 5.82 Å². The van der Waals surface area contributed by atoms with Crippen LogP contribution in [0.1, 0.15) is 0 Å². The van der Waals surface area contributed by atoms with Crippen LogP contribution in [-0.2, 0) is 0 Å². The zero-order valence-electron chi connectivity index (χ0n) is 9.88. The molecule has 0 amide bonds. The fourth-order valence-corrected chi connectivity index (χ4v) is 2.81. The molecule has 0 unspecified atom stereocenters. The van der Waals surface area contributed by atoms with E-state index < -0.39 is 0 Å². The third-order valence-corrected chi connectivity index (χ3v) is 3.86. The molecule has 0 atom stereocenters. The first-order chi connectivity index (χ1) is 9.25. The van der Waals surface area contributed by atoms with Crippen LogP contribution >= 0.6 is 11.8 Å². The number of pyridine rings is 1. The summed E-state index contributed by atoms with van der Waals surface area (Å²) in [5, 5.41) is 11.8. The number of hydrogen-bond donors (Lipinski definition) is 1. The van der Waals surface area contributed by atoms with Gasteiger partial charge in [-0.3, -0.25) is 0 Å². The number of benzene rings is 2. The van der Waals surface area contributed by atoms with Crippen molar-refractivity contribution in [3.05, 3.63) is 60.5 Å². The molecule has 0 radical (unpaired) electrons. The highest BCUT2D eigenvalue weighted by atomic mass is 32.2. The maximum atomic E-state index is 13.6. The fraction of sp³-hybridized carbons (Fsp3) is 0. The molecule has 1 aromatic heterocycles. The summed E-state index contributed by atoms with van der Waals surface area (Å²) in [6, 6.07) is 13.8. The van der Waals surface area contributed by atoms with Crippen molar-refractivity contribution in [2.75, 3.05) is 0 Å². The molecule has 3 rings (SSSR count). The minimum Gasteiger partial charge on any atom is -0.507 e. The topological polar surface area (TPSA) is 33.1 Å². The van der Waals surface area contributed by atoms with Gasteiger partial charge in [0.05, 0.1) is 0 Å². The third-order valence-electron chi connectivity index (χ3n) is 2.79. The van der Waals surface area contributed by atoms with Crippen molar-refractivity contribution in [1.82, 2.24) is 4.98 Å². The number of fused-ring (bicyclic) bond motifs is 1. The zero-order valence-corrected chi connectivity index (χ0v) is 10.7. The Morgan fingerprint density at radius 2 is 1.74 bits per heavy atom. The molecule has 0 fully saturated rings. The largest absolute Gasteiger partial charge is 0.507 e. The third kappa shape index (κ3) is 2.27. The van der Waals surface area contributed by atoms with E-state index in [-0.39, 0.29) is 11.6 Å². The zero-order chi connectivity index (χ0) is 13.2. The van der Waals surface area contributed by atoms with Crippen molar-refractivity contribution >= 4 is 22.5 Å². The van der Waals surface area contributed by atoms with E-state index in [1.807, 2.05) is 24.3 Å². The summed E-state index contributed by atoms with van der Waals surface area (Å²) in [5.74, 6) is -0.119. The highest BCUT2D eigenvalue weighted by molar-refractivity contribution is 7.99. The Morgan fingerprint density at radius 3 is 2.53 bits per heavy atom. The predicted molar refractivity (Wildman–Crippen MR) is 73.9 cm³/mol. The van der Waals surface area contributed by atoms with Crippen LogP contribution in [0.15, 0.2) is 64.6 Å². The molecule has 19 heavy (non-hydrogen) atoms. The van der Waals surface area contributed by atoms with E-state index in [0.717, 1.165) is 15.7 Å². The van der Waals surface area contributed by atoms with E-state index in [1.165, 1.54) is 17.8 Å². The lowest BCUT2D eigenvalue weighted by Gasteiger charge is -2.07. The van der Waals surface area contributed by atoms with Gasteiger partial charge >= 0.3 is 0 Å². The minimum absolute atomic E-state index is 0.224. The van der Waals surface area contributed by atoms with Gasteiger partial charge in [-0.15, -0.1) is 0 Å². The average Bonchev–Trinajstić information content (AvgIpc) is 2.44. The molecule has 0 aliphatic carbocycles. The van der Waals surface area contributed by atoms with Gasteiger partial charge in [0.2, 0.25) is 0 Å². The van der Waals surface area contributed by atoms with Crippen molar-refractivity contribution < 1.29 is 9.50 Å². The molecule has 0 saturated heterocycles. The molecule has 2 aromatic carbocycles. The van der Waals surface area contributed by atoms with Crippen LogP contribution < -0.4 is 0 Å². The van der Waals surface area contributed by atoms with Crippen LogP contribution in [0.25, 0.3) is 10.8 Å². The maximum absolute atomic E-state index is 13.6. The molecule has 1 N–H and O–H groups in total. The van der Waals surface area contributed by atoms with Gasteiger partial charge in [-0.05, 0) is 29.7 Å². The van der Waals surface area contributed by atoms with Gasteiger partial charge in [-0.25, -0.2) is 9.37 Å². The number of rotatable bonds is 2. The molecule has 0 saturated carbocycles. The van der Waals surface area contributed by atoms with Crippen LogP contribution in [0.3, 0.4) is 0 Å². The van der Waals surface area contributed by atoms with Gasteiger partial charge in [-0.2, -0.15) is 0 Å². The first-order valence-electron chi connectivity index (χ1n) is 5.75. The summed E-state index contributed by atoms with van der Waals surface area (Å²) < 4.78 is 13.6. The van der Waals surface area contributed by atoms with Crippen LogP contribution in [0.5, 0.6) is 5.75 Å². The molecule has 0 spiro atoms. The molecule has 3 aromatic rings. The second-order valence-corrected chi connectivity index (χ2v) is 5.05. The first kappa shape index (κ1) is 12.0. The van der Waals surface area contributed by atoms with E-state index in [0.29, 0.717) is 5.03 Å². The number of aromatic hydroxyl groups is 1. The van der Waals surface area contributed by atoms with Gasteiger partial charge in [0.1, 0.15) is 10.8 Å². The molecule has 94 valence electrons. The lowest BCUT2D eigenvalue weighted by Crippen LogP contribution is -1.86. The van der Waals surface area contributed by atoms with Gasteiger partial charge < -0.3 is 5.11 Å². The normalized spacial score (nSPS) is 10.8. The van der Waals surface area contributed by atoms with Crippen molar-refractivity contribution in [2.24, 2.45) is 0 Å². The highest BCUT2D eigenvalue weighted by Gasteiger charge is 2.09. The number of phenols is 1. The van der Waals surface area contributed by atoms with Crippen molar-refractivity contribution in [1.29, 1.82) is 0 Å². The summed E-state index contributed by atoms with van der Waals surface area (Å²) in [5.41, 5.74) is 0. The fourth-order valence-electron chi connectivity index (χ4n) is 1.89. The molecule has 4 heteroatoms. The molecular weight excluding hydrogens is 261 g/mol. The van der Waals surface area contributed by atoms with E-state index in [9.17, 15) is 9.50 Å². The van der Waals surface area contributed by atoms with Crippen LogP contribution in [-0.4, -0.2) is 10.1 Å². The van der Waals surface area contributed by atoms with Gasteiger partial charge in [0.15, 0.2) is 5.82 Å². The number of aromatic nitrogens is 1. The minimum atomic E-state index is -0.343. The van der Waals surface area contributed by atoms with E-state index in [1.54, 1.807) is 24.4 Å². The average molecular weight is 271 g/mol. The number of hydrogen-bond acceptors (Lipinski definition) is 3. The Balaban J connectivity index is 2.12. The molecule has 0 aliphatic heterocycles. The second-order valence-electron chi connectivity index (χ2n) is 4.02. The summed E-state index contributed by atoms with van der Waals surface area (Å²) in [7, 11) is 0.